The summed E-state index contributed by atoms with van der Waals surface area (Å²) in [7, 11) is 0. The second-order valence-electron chi connectivity index (χ2n) is 5.92. The van der Waals surface area contributed by atoms with E-state index in [2.05, 4.69) is 20.4 Å². The molecule has 0 bridgehead atoms. The van der Waals surface area contributed by atoms with Gasteiger partial charge < -0.3 is 9.84 Å². The highest BCUT2D eigenvalue weighted by Gasteiger charge is 2.13. The summed E-state index contributed by atoms with van der Waals surface area (Å²) in [6, 6.07) is 18.8. The quantitative estimate of drug-likeness (QED) is 0.589. The second kappa shape index (κ2) is 7.61. The molecule has 0 atom stereocenters. The molecule has 4 aromatic rings. The molecule has 3 aromatic heterocycles. The van der Waals surface area contributed by atoms with E-state index in [9.17, 15) is 4.79 Å². The lowest BCUT2D eigenvalue weighted by atomic mass is 10.1. The highest BCUT2D eigenvalue weighted by molar-refractivity contribution is 5.93. The van der Waals surface area contributed by atoms with Crippen molar-refractivity contribution in [3.63, 3.8) is 0 Å². The van der Waals surface area contributed by atoms with Gasteiger partial charge >= 0.3 is 0 Å². The molecular weight excluding hydrogens is 340 g/mol. The number of pyridine rings is 2. The Morgan fingerprint density at radius 2 is 1.81 bits per heavy atom. The molecule has 3 heterocycles. The molecule has 132 valence electrons. The average Bonchev–Trinajstić information content (AvgIpc) is 3.24. The van der Waals surface area contributed by atoms with Gasteiger partial charge in [-0.2, -0.15) is 0 Å². The SMILES string of the molecule is O=C(NCc1ccc(-c2cccnc2)nc1)c1cc(-c2ccccc2)on1. The maximum Gasteiger partial charge on any atom is 0.273 e. The number of hydrogen-bond donors (Lipinski definition) is 1. The number of hydrogen-bond acceptors (Lipinski definition) is 5. The first kappa shape index (κ1) is 16.7. The number of carbonyl (C=O) groups is 1. The van der Waals surface area contributed by atoms with Gasteiger partial charge in [-0.25, -0.2) is 0 Å². The topological polar surface area (TPSA) is 80.9 Å². The van der Waals surface area contributed by atoms with Crippen LogP contribution in [0.1, 0.15) is 16.1 Å². The summed E-state index contributed by atoms with van der Waals surface area (Å²) in [5.41, 5.74) is 3.79. The summed E-state index contributed by atoms with van der Waals surface area (Å²) >= 11 is 0. The monoisotopic (exact) mass is 356 g/mol. The normalized spacial score (nSPS) is 10.5. The number of nitrogens with one attached hydrogen (secondary N) is 1. The molecule has 0 saturated heterocycles. The van der Waals surface area contributed by atoms with E-state index in [1.54, 1.807) is 24.7 Å². The Morgan fingerprint density at radius 3 is 2.56 bits per heavy atom. The predicted octanol–water partition coefficient (Wildman–Crippen LogP) is 3.73. The van der Waals surface area contributed by atoms with E-state index in [1.807, 2.05) is 54.6 Å². The van der Waals surface area contributed by atoms with Crippen molar-refractivity contribution in [3.05, 3.63) is 90.5 Å². The molecule has 0 saturated carbocycles. The van der Waals surface area contributed by atoms with Gasteiger partial charge in [-0.05, 0) is 23.8 Å². The zero-order chi connectivity index (χ0) is 18.5. The Hall–Kier alpha value is -3.80. The molecule has 1 N–H and O–H groups in total. The maximum atomic E-state index is 12.3. The fourth-order valence-corrected chi connectivity index (χ4v) is 2.61. The van der Waals surface area contributed by atoms with E-state index in [-0.39, 0.29) is 11.6 Å². The summed E-state index contributed by atoms with van der Waals surface area (Å²) in [6.07, 6.45) is 5.22. The largest absolute Gasteiger partial charge is 0.355 e. The second-order valence-corrected chi connectivity index (χ2v) is 5.92. The third kappa shape index (κ3) is 3.90. The van der Waals surface area contributed by atoms with Gasteiger partial charge in [0, 0.05) is 42.3 Å². The van der Waals surface area contributed by atoms with Gasteiger partial charge in [0.15, 0.2) is 11.5 Å². The van der Waals surface area contributed by atoms with Crippen LogP contribution < -0.4 is 5.32 Å². The third-order valence-corrected chi connectivity index (χ3v) is 4.04. The van der Waals surface area contributed by atoms with E-state index in [0.717, 1.165) is 22.4 Å². The van der Waals surface area contributed by atoms with E-state index < -0.39 is 0 Å². The van der Waals surface area contributed by atoms with Gasteiger partial charge in [0.2, 0.25) is 0 Å². The molecule has 6 heteroatoms. The number of aromatic nitrogens is 3. The van der Waals surface area contributed by atoms with Crippen molar-refractivity contribution in [2.75, 3.05) is 0 Å². The van der Waals surface area contributed by atoms with Gasteiger partial charge in [0.05, 0.1) is 5.69 Å². The first-order valence-corrected chi connectivity index (χ1v) is 8.45. The van der Waals surface area contributed by atoms with Crippen LogP contribution in [0.3, 0.4) is 0 Å². The fraction of sp³-hybridized carbons (Fsp3) is 0.0476. The highest BCUT2D eigenvalue weighted by Crippen LogP contribution is 2.20. The molecule has 1 amide bonds. The van der Waals surface area contributed by atoms with E-state index in [1.165, 1.54) is 0 Å². The zero-order valence-electron chi connectivity index (χ0n) is 14.4. The van der Waals surface area contributed by atoms with Crippen molar-refractivity contribution < 1.29 is 9.32 Å². The van der Waals surface area contributed by atoms with E-state index in [4.69, 9.17) is 4.52 Å². The zero-order valence-corrected chi connectivity index (χ0v) is 14.4. The van der Waals surface area contributed by atoms with Gasteiger partial charge in [-0.3, -0.25) is 14.8 Å². The number of benzene rings is 1. The molecular formula is C21H16N4O2. The third-order valence-electron chi connectivity index (χ3n) is 4.04. The van der Waals surface area contributed by atoms with Gasteiger partial charge in [0.25, 0.3) is 5.91 Å². The van der Waals surface area contributed by atoms with Crippen LogP contribution in [-0.4, -0.2) is 21.0 Å². The van der Waals surface area contributed by atoms with Crippen molar-refractivity contribution in [2.24, 2.45) is 0 Å². The molecule has 0 fully saturated rings. The van der Waals surface area contributed by atoms with E-state index in [0.29, 0.717) is 12.3 Å². The van der Waals surface area contributed by atoms with Crippen LogP contribution in [0.15, 0.2) is 83.8 Å². The van der Waals surface area contributed by atoms with Crippen molar-refractivity contribution in [1.29, 1.82) is 0 Å². The van der Waals surface area contributed by atoms with Crippen LogP contribution in [0.5, 0.6) is 0 Å². The fourth-order valence-electron chi connectivity index (χ4n) is 2.61. The molecule has 27 heavy (non-hydrogen) atoms. The first-order chi connectivity index (χ1) is 13.3. The first-order valence-electron chi connectivity index (χ1n) is 8.45. The lowest BCUT2D eigenvalue weighted by Crippen LogP contribution is -2.23. The van der Waals surface area contributed by atoms with E-state index >= 15 is 0 Å². The van der Waals surface area contributed by atoms with Crippen molar-refractivity contribution in [1.82, 2.24) is 20.4 Å². The van der Waals surface area contributed by atoms with Gasteiger partial charge in [-0.1, -0.05) is 41.6 Å². The number of nitrogens with zero attached hydrogens (tertiary/aromatic N) is 3. The van der Waals surface area contributed by atoms with Gasteiger partial charge in [0.1, 0.15) is 0 Å². The number of rotatable bonds is 5. The molecule has 0 aliphatic carbocycles. The van der Waals surface area contributed by atoms with Crippen LogP contribution in [0.25, 0.3) is 22.6 Å². The minimum absolute atomic E-state index is 0.244. The molecule has 0 radical (unpaired) electrons. The Morgan fingerprint density at radius 1 is 0.963 bits per heavy atom. The number of carbonyl (C=O) groups excluding carboxylic acids is 1. The van der Waals surface area contributed by atoms with Crippen LogP contribution in [0.4, 0.5) is 0 Å². The minimum atomic E-state index is -0.294. The van der Waals surface area contributed by atoms with Gasteiger partial charge in [-0.15, -0.1) is 0 Å². The summed E-state index contributed by atoms with van der Waals surface area (Å²) in [5, 5.41) is 6.67. The molecule has 1 aromatic carbocycles. The van der Waals surface area contributed by atoms with Crippen LogP contribution >= 0.6 is 0 Å². The Kier molecular flexibility index (Phi) is 4.70. The molecule has 0 spiro atoms. The lowest BCUT2D eigenvalue weighted by molar-refractivity contribution is 0.0942. The Labute approximate surface area is 155 Å². The molecule has 6 nitrogen and oxygen atoms in total. The van der Waals surface area contributed by atoms with Crippen LogP contribution in [0, 0.1) is 0 Å². The lowest BCUT2D eigenvalue weighted by Gasteiger charge is -2.04. The standard InChI is InChI=1S/C21H16N4O2/c26-21(19-11-20(27-25-19)16-5-2-1-3-6-16)24-13-15-8-9-18(23-12-15)17-7-4-10-22-14-17/h1-12,14H,13H2,(H,24,26). The minimum Gasteiger partial charge on any atom is -0.355 e. The van der Waals surface area contributed by atoms with Crippen molar-refractivity contribution in [2.45, 2.75) is 6.54 Å². The molecule has 0 unspecified atom stereocenters. The smallest absolute Gasteiger partial charge is 0.273 e. The molecule has 4 rings (SSSR count). The average molecular weight is 356 g/mol. The highest BCUT2D eigenvalue weighted by atomic mass is 16.5. The summed E-state index contributed by atoms with van der Waals surface area (Å²) in [5.74, 6) is 0.264. The van der Waals surface area contributed by atoms with Crippen molar-refractivity contribution >= 4 is 5.91 Å². The summed E-state index contributed by atoms with van der Waals surface area (Å²) in [6.45, 7) is 0.354. The maximum absolute atomic E-state index is 12.3. The summed E-state index contributed by atoms with van der Waals surface area (Å²) in [4.78, 5) is 20.8. The number of amides is 1. The van der Waals surface area contributed by atoms with Crippen LogP contribution in [-0.2, 0) is 6.54 Å². The van der Waals surface area contributed by atoms with Crippen LogP contribution in [0.2, 0.25) is 0 Å². The Bertz CT molecular complexity index is 1030. The van der Waals surface area contributed by atoms with Crippen molar-refractivity contribution in [3.8, 4) is 22.6 Å². The molecule has 0 aliphatic heterocycles. The predicted molar refractivity (Wildman–Crippen MR) is 101 cm³/mol. The summed E-state index contributed by atoms with van der Waals surface area (Å²) < 4.78 is 5.26. The Balaban J connectivity index is 1.39. The molecule has 0 aliphatic rings.